The molecule has 0 bridgehead atoms. The van der Waals surface area contributed by atoms with Crippen LogP contribution in [0.4, 0.5) is 11.4 Å². The number of nitriles is 1. The van der Waals surface area contributed by atoms with Gasteiger partial charge in [-0.3, -0.25) is 9.59 Å². The molecule has 2 fully saturated rings. The maximum Gasteiger partial charge on any atom is 0.253 e. The molecule has 1 aliphatic heterocycles. The fraction of sp³-hybridized carbons (Fsp3) is 0.471. The number of nitrogens with one attached hydrogen (secondary N) is 1. The minimum Gasteiger partial charge on any atom is -0.391 e. The fourth-order valence-corrected chi connectivity index (χ4v) is 3.19. The number of hydrogen-bond donors (Lipinski definition) is 3. The lowest BCUT2D eigenvalue weighted by Crippen LogP contribution is -2.41. The van der Waals surface area contributed by atoms with Crippen LogP contribution in [0.25, 0.3) is 0 Å². The summed E-state index contributed by atoms with van der Waals surface area (Å²) in [6, 6.07) is 6.52. The molecule has 25 heavy (non-hydrogen) atoms. The first-order valence-electron chi connectivity index (χ1n) is 8.16. The molecule has 2 amide bonds. The van der Waals surface area contributed by atoms with Crippen LogP contribution in [0.2, 0.25) is 0 Å². The number of ether oxygens (including phenoxy) is 1. The van der Waals surface area contributed by atoms with Gasteiger partial charge in [0.25, 0.3) is 5.91 Å². The lowest BCUT2D eigenvalue weighted by molar-refractivity contribution is -0.125. The third kappa shape index (κ3) is 3.64. The second-order valence-corrected chi connectivity index (χ2v) is 6.33. The minimum absolute atomic E-state index is 0.0185. The zero-order valence-electron chi connectivity index (χ0n) is 13.6. The van der Waals surface area contributed by atoms with E-state index in [9.17, 15) is 20.0 Å². The predicted molar refractivity (Wildman–Crippen MR) is 89.7 cm³/mol. The van der Waals surface area contributed by atoms with Crippen molar-refractivity contribution >= 4 is 23.2 Å². The van der Waals surface area contributed by atoms with Crippen LogP contribution in [0.15, 0.2) is 18.2 Å². The summed E-state index contributed by atoms with van der Waals surface area (Å²) >= 11 is 0. The summed E-state index contributed by atoms with van der Waals surface area (Å²) in [6.07, 6.45) is 0.0470. The summed E-state index contributed by atoms with van der Waals surface area (Å²) < 4.78 is 5.10. The first-order chi connectivity index (χ1) is 12.0. The Morgan fingerprint density at radius 3 is 2.88 bits per heavy atom. The molecule has 1 heterocycles. The second kappa shape index (κ2) is 7.19. The number of carbonyl (C=O) groups is 2. The first-order valence-corrected chi connectivity index (χ1v) is 8.16. The van der Waals surface area contributed by atoms with E-state index < -0.39 is 12.1 Å². The minimum atomic E-state index is -0.680. The molecule has 1 saturated carbocycles. The molecule has 8 heteroatoms. The van der Waals surface area contributed by atoms with E-state index in [1.807, 2.05) is 6.07 Å². The van der Waals surface area contributed by atoms with E-state index >= 15 is 0 Å². The SMILES string of the molecule is N#Cc1cc(N2CCOCC2=O)ccc1NC(=O)[C@@H]1C[C@H](N)[C@@H](O)C1. The van der Waals surface area contributed by atoms with Gasteiger partial charge in [-0.25, -0.2) is 0 Å². The number of aliphatic hydroxyl groups is 1. The van der Waals surface area contributed by atoms with E-state index in [4.69, 9.17) is 10.5 Å². The van der Waals surface area contributed by atoms with Crippen LogP contribution < -0.4 is 16.0 Å². The Morgan fingerprint density at radius 1 is 1.44 bits per heavy atom. The van der Waals surface area contributed by atoms with Gasteiger partial charge in [0.15, 0.2) is 0 Å². The van der Waals surface area contributed by atoms with Crippen LogP contribution in [0.3, 0.4) is 0 Å². The van der Waals surface area contributed by atoms with Gasteiger partial charge in [-0.2, -0.15) is 5.26 Å². The number of nitrogens with zero attached hydrogens (tertiary/aromatic N) is 2. The van der Waals surface area contributed by atoms with Crippen molar-refractivity contribution in [1.82, 2.24) is 0 Å². The quantitative estimate of drug-likeness (QED) is 0.705. The first kappa shape index (κ1) is 17.4. The van der Waals surface area contributed by atoms with Gasteiger partial charge in [-0.05, 0) is 31.0 Å². The number of benzene rings is 1. The summed E-state index contributed by atoms with van der Waals surface area (Å²) in [5.41, 5.74) is 6.99. The van der Waals surface area contributed by atoms with Crippen molar-refractivity contribution in [3.63, 3.8) is 0 Å². The largest absolute Gasteiger partial charge is 0.391 e. The third-order valence-electron chi connectivity index (χ3n) is 4.63. The number of carbonyl (C=O) groups excluding carboxylic acids is 2. The molecule has 2 aliphatic rings. The number of amides is 2. The van der Waals surface area contributed by atoms with E-state index in [0.717, 1.165) is 0 Å². The monoisotopic (exact) mass is 344 g/mol. The molecule has 0 aromatic heterocycles. The average molecular weight is 344 g/mol. The standard InChI is InChI=1S/C17H20N4O4/c18-8-11-5-12(21-3-4-25-9-16(21)23)1-2-14(11)20-17(24)10-6-13(19)15(22)7-10/h1-2,5,10,13,15,22H,3-4,6-7,9,19H2,(H,20,24)/t10-,13+,15+/m1/s1. The highest BCUT2D eigenvalue weighted by Crippen LogP contribution is 2.28. The fourth-order valence-electron chi connectivity index (χ4n) is 3.19. The normalized spacial score (nSPS) is 26.4. The second-order valence-electron chi connectivity index (χ2n) is 6.33. The van der Waals surface area contributed by atoms with Crippen LogP contribution in [0.1, 0.15) is 18.4 Å². The van der Waals surface area contributed by atoms with Gasteiger partial charge in [0.2, 0.25) is 5.91 Å². The molecule has 0 radical (unpaired) electrons. The molecule has 1 saturated heterocycles. The summed E-state index contributed by atoms with van der Waals surface area (Å²) in [7, 11) is 0. The maximum atomic E-state index is 12.3. The van der Waals surface area contributed by atoms with Crippen LogP contribution >= 0.6 is 0 Å². The Balaban J connectivity index is 1.75. The highest BCUT2D eigenvalue weighted by Gasteiger charge is 2.35. The molecule has 1 aromatic carbocycles. The van der Waals surface area contributed by atoms with Gasteiger partial charge in [0.05, 0.1) is 24.0 Å². The van der Waals surface area contributed by atoms with Crippen LogP contribution in [-0.4, -0.2) is 48.8 Å². The zero-order valence-corrected chi connectivity index (χ0v) is 13.6. The molecular formula is C17H20N4O4. The van der Waals surface area contributed by atoms with E-state index in [-0.39, 0.29) is 29.9 Å². The maximum absolute atomic E-state index is 12.3. The van der Waals surface area contributed by atoms with Crippen molar-refractivity contribution in [3.05, 3.63) is 23.8 Å². The van der Waals surface area contributed by atoms with E-state index in [1.54, 1.807) is 23.1 Å². The topological polar surface area (TPSA) is 129 Å². The van der Waals surface area contributed by atoms with Gasteiger partial charge < -0.3 is 25.8 Å². The van der Waals surface area contributed by atoms with Crippen LogP contribution in [0, 0.1) is 17.2 Å². The van der Waals surface area contributed by atoms with Crippen molar-refractivity contribution in [2.75, 3.05) is 30.0 Å². The molecule has 1 aliphatic carbocycles. The predicted octanol–water partition coefficient (Wildman–Crippen LogP) is -0.0418. The molecular weight excluding hydrogens is 324 g/mol. The number of rotatable bonds is 3. The van der Waals surface area contributed by atoms with Crippen molar-refractivity contribution in [2.45, 2.75) is 25.0 Å². The smallest absolute Gasteiger partial charge is 0.253 e. The highest BCUT2D eigenvalue weighted by molar-refractivity contribution is 5.97. The summed E-state index contributed by atoms with van der Waals surface area (Å²) in [5.74, 6) is -0.809. The van der Waals surface area contributed by atoms with E-state index in [2.05, 4.69) is 5.32 Å². The van der Waals surface area contributed by atoms with E-state index in [1.165, 1.54) is 0 Å². The summed E-state index contributed by atoms with van der Waals surface area (Å²) in [4.78, 5) is 25.8. The van der Waals surface area contributed by atoms with Crippen molar-refractivity contribution in [3.8, 4) is 6.07 Å². The molecule has 3 atom stereocenters. The van der Waals surface area contributed by atoms with Gasteiger partial charge in [0, 0.05) is 24.2 Å². The number of morpholine rings is 1. The van der Waals surface area contributed by atoms with Crippen molar-refractivity contribution < 1.29 is 19.4 Å². The summed E-state index contributed by atoms with van der Waals surface area (Å²) in [5, 5.41) is 21.8. The number of nitrogens with two attached hydrogens (primary N) is 1. The zero-order chi connectivity index (χ0) is 18.0. The molecule has 0 unspecified atom stereocenters. The number of anilines is 2. The lowest BCUT2D eigenvalue weighted by atomic mass is 10.1. The third-order valence-corrected chi connectivity index (χ3v) is 4.63. The highest BCUT2D eigenvalue weighted by atomic mass is 16.5. The van der Waals surface area contributed by atoms with E-state index in [0.29, 0.717) is 37.4 Å². The van der Waals surface area contributed by atoms with Crippen LogP contribution in [0.5, 0.6) is 0 Å². The molecule has 0 spiro atoms. The lowest BCUT2D eigenvalue weighted by Gasteiger charge is -2.27. The molecule has 4 N–H and O–H groups in total. The van der Waals surface area contributed by atoms with Gasteiger partial charge in [0.1, 0.15) is 12.7 Å². The number of hydrogen-bond acceptors (Lipinski definition) is 6. The molecule has 1 aromatic rings. The number of aliphatic hydroxyl groups excluding tert-OH is 1. The average Bonchev–Trinajstić information content (AvgIpc) is 2.95. The Labute approximate surface area is 145 Å². The van der Waals surface area contributed by atoms with Gasteiger partial charge >= 0.3 is 0 Å². The Hall–Kier alpha value is -2.47. The summed E-state index contributed by atoms with van der Waals surface area (Å²) in [6.45, 7) is 0.883. The van der Waals surface area contributed by atoms with Crippen molar-refractivity contribution in [2.24, 2.45) is 11.7 Å². The Bertz CT molecular complexity index is 720. The van der Waals surface area contributed by atoms with Gasteiger partial charge in [-0.1, -0.05) is 0 Å². The molecule has 132 valence electrons. The molecule has 8 nitrogen and oxygen atoms in total. The van der Waals surface area contributed by atoms with Crippen molar-refractivity contribution in [1.29, 1.82) is 5.26 Å². The van der Waals surface area contributed by atoms with Crippen LogP contribution in [-0.2, 0) is 14.3 Å². The Morgan fingerprint density at radius 2 is 2.24 bits per heavy atom. The van der Waals surface area contributed by atoms with Gasteiger partial charge in [-0.15, -0.1) is 0 Å². The molecule has 3 rings (SSSR count). The Kier molecular flexibility index (Phi) is 4.99.